The molecule has 1 aromatic carbocycles. The number of hydrogen-bond donors (Lipinski definition) is 0. The van der Waals surface area contributed by atoms with Crippen LogP contribution in [0.25, 0.3) is 0 Å². The maximum atomic E-state index is 13.5. The maximum absolute atomic E-state index is 13.5. The molecule has 5 rings (SSSR count). The average molecular weight is 403 g/mol. The average Bonchev–Trinajstić information content (AvgIpc) is 3.24. The molecular weight excluding hydrogens is 378 g/mol. The first-order valence-corrected chi connectivity index (χ1v) is 10.5. The second-order valence-corrected chi connectivity index (χ2v) is 8.20. The van der Waals surface area contributed by atoms with Gasteiger partial charge in [0.05, 0.1) is 12.5 Å². The van der Waals surface area contributed by atoms with Crippen molar-refractivity contribution in [2.75, 3.05) is 13.1 Å². The molecule has 3 aromatic rings. The van der Waals surface area contributed by atoms with Gasteiger partial charge in [0, 0.05) is 42.1 Å². The Morgan fingerprint density at radius 1 is 1.10 bits per heavy atom. The molecule has 1 aliphatic heterocycles. The molecule has 30 heavy (non-hydrogen) atoms. The molecule has 1 atom stereocenters. The van der Waals surface area contributed by atoms with E-state index in [1.807, 2.05) is 60.5 Å². The van der Waals surface area contributed by atoms with E-state index in [0.29, 0.717) is 12.1 Å². The molecule has 1 saturated carbocycles. The number of amides is 2. The van der Waals surface area contributed by atoms with Crippen LogP contribution in [0.4, 0.5) is 0 Å². The Hall–Kier alpha value is -3.28. The Kier molecular flexibility index (Phi) is 4.69. The molecule has 0 radical (unpaired) electrons. The van der Waals surface area contributed by atoms with E-state index in [1.165, 1.54) is 0 Å². The van der Waals surface area contributed by atoms with Crippen molar-refractivity contribution in [3.8, 4) is 0 Å². The lowest BCUT2D eigenvalue weighted by Gasteiger charge is -2.38. The zero-order chi connectivity index (χ0) is 20.7. The van der Waals surface area contributed by atoms with Crippen LogP contribution in [0.1, 0.15) is 46.1 Å². The van der Waals surface area contributed by atoms with Crippen molar-refractivity contribution >= 4 is 11.8 Å². The summed E-state index contributed by atoms with van der Waals surface area (Å²) in [5.41, 5.74) is 3.77. The predicted molar refractivity (Wildman–Crippen MR) is 112 cm³/mol. The minimum Gasteiger partial charge on any atom is -0.472 e. The minimum atomic E-state index is -0.199. The highest BCUT2D eigenvalue weighted by atomic mass is 16.3. The quantitative estimate of drug-likeness (QED) is 0.654. The zero-order valence-electron chi connectivity index (χ0n) is 17.0. The molecule has 2 amide bonds. The summed E-state index contributed by atoms with van der Waals surface area (Å²) in [6, 6.07) is 13.5. The third kappa shape index (κ3) is 3.43. The normalized spacial score (nSPS) is 18.2. The van der Waals surface area contributed by atoms with Gasteiger partial charge in [-0.1, -0.05) is 17.7 Å². The van der Waals surface area contributed by atoms with Gasteiger partial charge < -0.3 is 18.8 Å². The molecule has 0 N–H and O–H groups in total. The van der Waals surface area contributed by atoms with Crippen molar-refractivity contribution in [3.63, 3.8) is 0 Å². The highest BCUT2D eigenvalue weighted by Crippen LogP contribution is 2.34. The van der Waals surface area contributed by atoms with Gasteiger partial charge in [0.25, 0.3) is 5.91 Å². The van der Waals surface area contributed by atoms with E-state index < -0.39 is 0 Å². The molecule has 0 bridgehead atoms. The van der Waals surface area contributed by atoms with Gasteiger partial charge >= 0.3 is 0 Å². The molecule has 154 valence electrons. The summed E-state index contributed by atoms with van der Waals surface area (Å²) in [6.07, 6.45) is 7.29. The Morgan fingerprint density at radius 3 is 2.60 bits per heavy atom. The summed E-state index contributed by atoms with van der Waals surface area (Å²) in [6.45, 7) is 3.45. The molecule has 0 saturated heterocycles. The van der Waals surface area contributed by atoms with Crippen LogP contribution >= 0.6 is 0 Å². The third-order valence-electron chi connectivity index (χ3n) is 6.07. The maximum Gasteiger partial charge on any atom is 0.254 e. The van der Waals surface area contributed by atoms with Gasteiger partial charge in [-0.3, -0.25) is 9.59 Å². The summed E-state index contributed by atoms with van der Waals surface area (Å²) >= 11 is 0. The highest BCUT2D eigenvalue weighted by Gasteiger charge is 2.38. The molecule has 1 aliphatic carbocycles. The van der Waals surface area contributed by atoms with Crippen LogP contribution in [0.5, 0.6) is 0 Å². The summed E-state index contributed by atoms with van der Waals surface area (Å²) in [5.74, 6) is -0.0906. The SMILES string of the molecule is Cc1ccc(C(=O)N(CC(=O)N2CCn3cccc3C2c2ccoc2)C2CC2)cc1. The number of aromatic nitrogens is 1. The number of fused-ring (bicyclic) bond motifs is 1. The van der Waals surface area contributed by atoms with Crippen LogP contribution in [0.15, 0.2) is 65.6 Å². The number of carbonyl (C=O) groups is 2. The van der Waals surface area contributed by atoms with Crippen LogP contribution in [-0.4, -0.2) is 45.3 Å². The smallest absolute Gasteiger partial charge is 0.254 e. The molecule has 6 heteroatoms. The van der Waals surface area contributed by atoms with E-state index in [0.717, 1.165) is 36.2 Å². The number of benzene rings is 1. The second kappa shape index (κ2) is 7.52. The van der Waals surface area contributed by atoms with Crippen LogP contribution < -0.4 is 0 Å². The van der Waals surface area contributed by atoms with E-state index in [-0.39, 0.29) is 30.4 Å². The van der Waals surface area contributed by atoms with Gasteiger partial charge in [-0.15, -0.1) is 0 Å². The minimum absolute atomic E-state index is 0.0268. The lowest BCUT2D eigenvalue weighted by Crippen LogP contribution is -2.48. The molecule has 6 nitrogen and oxygen atoms in total. The van der Waals surface area contributed by atoms with Crippen molar-refractivity contribution in [1.82, 2.24) is 14.4 Å². The Bertz CT molecular complexity index is 1050. The molecule has 1 fully saturated rings. The standard InChI is InChI=1S/C24H25N3O3/c1-17-4-6-18(7-5-17)24(29)27(20-8-9-20)15-22(28)26-13-12-25-11-2-3-21(25)23(26)19-10-14-30-16-19/h2-7,10-11,14,16,20,23H,8-9,12-13,15H2,1H3. The van der Waals surface area contributed by atoms with Gasteiger partial charge in [0.1, 0.15) is 12.6 Å². The van der Waals surface area contributed by atoms with Gasteiger partial charge in [-0.05, 0) is 50.1 Å². The van der Waals surface area contributed by atoms with Crippen molar-refractivity contribution in [1.29, 1.82) is 0 Å². The molecule has 0 spiro atoms. The first kappa shape index (κ1) is 18.7. The van der Waals surface area contributed by atoms with Crippen LogP contribution in [0, 0.1) is 6.92 Å². The summed E-state index contributed by atoms with van der Waals surface area (Å²) in [7, 11) is 0. The number of nitrogens with zero attached hydrogens (tertiary/aromatic N) is 3. The van der Waals surface area contributed by atoms with Crippen LogP contribution in [0.2, 0.25) is 0 Å². The first-order chi connectivity index (χ1) is 14.6. The number of carbonyl (C=O) groups excluding carboxylic acids is 2. The van der Waals surface area contributed by atoms with E-state index in [9.17, 15) is 9.59 Å². The van der Waals surface area contributed by atoms with Crippen molar-refractivity contribution in [2.24, 2.45) is 0 Å². The van der Waals surface area contributed by atoms with Crippen molar-refractivity contribution in [3.05, 3.63) is 83.6 Å². The van der Waals surface area contributed by atoms with Crippen LogP contribution in [0.3, 0.4) is 0 Å². The molecular formula is C24H25N3O3. The van der Waals surface area contributed by atoms with E-state index in [2.05, 4.69) is 4.57 Å². The molecule has 3 heterocycles. The van der Waals surface area contributed by atoms with Crippen LogP contribution in [-0.2, 0) is 11.3 Å². The Balaban J connectivity index is 1.40. The van der Waals surface area contributed by atoms with Crippen molar-refractivity contribution in [2.45, 2.75) is 38.4 Å². The number of rotatable bonds is 5. The number of furan rings is 1. The predicted octanol–water partition coefficient (Wildman–Crippen LogP) is 3.63. The van der Waals surface area contributed by atoms with E-state index in [4.69, 9.17) is 4.42 Å². The summed E-state index contributed by atoms with van der Waals surface area (Å²) < 4.78 is 7.49. The fourth-order valence-electron chi connectivity index (χ4n) is 4.28. The zero-order valence-corrected chi connectivity index (χ0v) is 17.0. The molecule has 2 aromatic heterocycles. The Labute approximate surface area is 175 Å². The monoisotopic (exact) mass is 403 g/mol. The lowest BCUT2D eigenvalue weighted by atomic mass is 10.0. The van der Waals surface area contributed by atoms with Crippen molar-refractivity contribution < 1.29 is 14.0 Å². The lowest BCUT2D eigenvalue weighted by molar-refractivity contribution is -0.134. The summed E-state index contributed by atoms with van der Waals surface area (Å²) in [4.78, 5) is 30.3. The van der Waals surface area contributed by atoms with Gasteiger partial charge in [0.2, 0.25) is 5.91 Å². The molecule has 1 unspecified atom stereocenters. The number of hydrogen-bond acceptors (Lipinski definition) is 3. The second-order valence-electron chi connectivity index (χ2n) is 8.20. The summed E-state index contributed by atoms with van der Waals surface area (Å²) in [5, 5.41) is 0. The Morgan fingerprint density at radius 2 is 1.90 bits per heavy atom. The first-order valence-electron chi connectivity index (χ1n) is 10.5. The molecule has 2 aliphatic rings. The van der Waals surface area contributed by atoms with Gasteiger partial charge in [-0.25, -0.2) is 0 Å². The highest BCUT2D eigenvalue weighted by molar-refractivity contribution is 5.97. The van der Waals surface area contributed by atoms with E-state index in [1.54, 1.807) is 17.4 Å². The number of aryl methyl sites for hydroxylation is 1. The largest absolute Gasteiger partial charge is 0.472 e. The third-order valence-corrected chi connectivity index (χ3v) is 6.07. The fourth-order valence-corrected chi connectivity index (χ4v) is 4.28. The van der Waals surface area contributed by atoms with E-state index >= 15 is 0 Å². The van der Waals surface area contributed by atoms with Gasteiger partial charge in [-0.2, -0.15) is 0 Å². The van der Waals surface area contributed by atoms with Gasteiger partial charge in [0.15, 0.2) is 0 Å². The topological polar surface area (TPSA) is 58.7 Å². The fraction of sp³-hybridized carbons (Fsp3) is 0.333.